The number of nitro benzene ring substituents is 1. The van der Waals surface area contributed by atoms with Crippen molar-refractivity contribution >= 4 is 22.3 Å². The topological polar surface area (TPSA) is 94.1 Å². The number of nitrogens with one attached hydrogen (secondary N) is 1. The van der Waals surface area contributed by atoms with Crippen LogP contribution in [0, 0.1) is 10.1 Å². The van der Waals surface area contributed by atoms with Crippen LogP contribution in [0.25, 0.3) is 10.9 Å². The van der Waals surface area contributed by atoms with Crippen LogP contribution in [0.5, 0.6) is 0 Å². The van der Waals surface area contributed by atoms with Gasteiger partial charge in [0.1, 0.15) is 5.52 Å². The van der Waals surface area contributed by atoms with Crippen molar-refractivity contribution in [2.45, 2.75) is 19.4 Å². The Morgan fingerprint density at radius 2 is 2.26 bits per heavy atom. The van der Waals surface area contributed by atoms with Gasteiger partial charge in [-0.05, 0) is 31.5 Å². The largest absolute Gasteiger partial charge is 0.384 e. The molecule has 100 valence electrons. The molecule has 1 heterocycles. The zero-order valence-corrected chi connectivity index (χ0v) is 10.7. The highest BCUT2D eigenvalue weighted by Gasteiger charge is 2.14. The van der Waals surface area contributed by atoms with Gasteiger partial charge in [-0.25, -0.2) is 4.98 Å². The predicted octanol–water partition coefficient (Wildman–Crippen LogP) is 2.29. The second kappa shape index (κ2) is 5.62. The Labute approximate surface area is 110 Å². The highest BCUT2D eigenvalue weighted by molar-refractivity contribution is 5.96. The molecule has 6 nitrogen and oxygen atoms in total. The minimum atomic E-state index is -0.416. The first-order chi connectivity index (χ1) is 9.09. The van der Waals surface area contributed by atoms with Crippen molar-refractivity contribution in [1.29, 1.82) is 0 Å². The average Bonchev–Trinajstić information content (AvgIpc) is 2.38. The van der Waals surface area contributed by atoms with Crippen LogP contribution in [0.1, 0.15) is 13.3 Å². The van der Waals surface area contributed by atoms with E-state index in [0.717, 1.165) is 24.0 Å². The van der Waals surface area contributed by atoms with Crippen LogP contribution in [-0.4, -0.2) is 22.5 Å². The fourth-order valence-corrected chi connectivity index (χ4v) is 1.89. The van der Waals surface area contributed by atoms with E-state index in [1.165, 1.54) is 6.07 Å². The fraction of sp³-hybridized carbons (Fsp3) is 0.308. The summed E-state index contributed by atoms with van der Waals surface area (Å²) in [5.74, 6) is 0. The van der Waals surface area contributed by atoms with Crippen LogP contribution < -0.4 is 11.1 Å². The Kier molecular flexibility index (Phi) is 3.91. The minimum absolute atomic E-state index is 0.0216. The number of rotatable bonds is 5. The zero-order chi connectivity index (χ0) is 13.8. The molecular weight excluding hydrogens is 244 g/mol. The number of hydrogen-bond acceptors (Lipinski definition) is 5. The Bertz CT molecular complexity index is 598. The molecule has 0 amide bonds. The van der Waals surface area contributed by atoms with Crippen molar-refractivity contribution in [3.8, 4) is 0 Å². The minimum Gasteiger partial charge on any atom is -0.384 e. The van der Waals surface area contributed by atoms with Crippen LogP contribution in [0.4, 0.5) is 11.4 Å². The van der Waals surface area contributed by atoms with E-state index in [2.05, 4.69) is 10.3 Å². The number of pyridine rings is 1. The summed E-state index contributed by atoms with van der Waals surface area (Å²) in [6, 6.07) is 6.90. The number of nitro groups is 1. The molecule has 1 atom stereocenters. The lowest BCUT2D eigenvalue weighted by molar-refractivity contribution is -0.383. The molecule has 3 N–H and O–H groups in total. The summed E-state index contributed by atoms with van der Waals surface area (Å²) in [7, 11) is 0. The Hall–Kier alpha value is -2.21. The third kappa shape index (κ3) is 2.97. The molecular formula is C13H16N4O2. The Morgan fingerprint density at radius 1 is 1.47 bits per heavy atom. The summed E-state index contributed by atoms with van der Waals surface area (Å²) in [5, 5.41) is 15.0. The molecule has 0 saturated heterocycles. The number of benzene rings is 1. The van der Waals surface area contributed by atoms with E-state index in [9.17, 15) is 10.1 Å². The number of fused-ring (bicyclic) bond motifs is 1. The second-order valence-electron chi connectivity index (χ2n) is 4.48. The van der Waals surface area contributed by atoms with Gasteiger partial charge in [0.05, 0.1) is 4.92 Å². The first kappa shape index (κ1) is 13.2. The molecule has 1 unspecified atom stereocenters. The number of aromatic nitrogens is 1. The molecule has 1 aromatic carbocycles. The maximum Gasteiger partial charge on any atom is 0.295 e. The van der Waals surface area contributed by atoms with Crippen LogP contribution in [-0.2, 0) is 0 Å². The lowest BCUT2D eigenvalue weighted by atomic mass is 10.1. The van der Waals surface area contributed by atoms with Gasteiger partial charge in [-0.15, -0.1) is 0 Å². The smallest absolute Gasteiger partial charge is 0.295 e. The monoisotopic (exact) mass is 260 g/mol. The van der Waals surface area contributed by atoms with Gasteiger partial charge in [-0.3, -0.25) is 10.1 Å². The van der Waals surface area contributed by atoms with E-state index in [-0.39, 0.29) is 11.7 Å². The Morgan fingerprint density at radius 3 is 2.95 bits per heavy atom. The molecule has 0 aliphatic carbocycles. The first-order valence-corrected chi connectivity index (χ1v) is 6.11. The van der Waals surface area contributed by atoms with E-state index in [0.29, 0.717) is 5.52 Å². The van der Waals surface area contributed by atoms with E-state index < -0.39 is 4.92 Å². The summed E-state index contributed by atoms with van der Waals surface area (Å²) < 4.78 is 0. The summed E-state index contributed by atoms with van der Waals surface area (Å²) in [6.07, 6.45) is 2.39. The highest BCUT2D eigenvalue weighted by atomic mass is 16.6. The molecule has 0 radical (unpaired) electrons. The van der Waals surface area contributed by atoms with Crippen LogP contribution in [0.3, 0.4) is 0 Å². The predicted molar refractivity (Wildman–Crippen MR) is 75.2 cm³/mol. The van der Waals surface area contributed by atoms with Crippen molar-refractivity contribution in [3.63, 3.8) is 0 Å². The normalized spacial score (nSPS) is 12.3. The van der Waals surface area contributed by atoms with Gasteiger partial charge in [-0.2, -0.15) is 0 Å². The third-order valence-electron chi connectivity index (χ3n) is 2.86. The number of non-ortho nitro benzene ring substituents is 1. The van der Waals surface area contributed by atoms with E-state index in [4.69, 9.17) is 5.73 Å². The standard InChI is InChI=1S/C13H16N4O2/c1-9(14)6-8-15-11-4-5-12(17(18)19)13-10(11)3-2-7-16-13/h2-5,7,9,15H,6,8,14H2,1H3. The van der Waals surface area contributed by atoms with Gasteiger partial charge < -0.3 is 11.1 Å². The highest BCUT2D eigenvalue weighted by Crippen LogP contribution is 2.29. The Balaban J connectivity index is 2.36. The molecule has 2 aromatic rings. The molecule has 0 aliphatic heterocycles. The SMILES string of the molecule is CC(N)CCNc1ccc([N+](=O)[O-])c2ncccc12. The summed E-state index contributed by atoms with van der Waals surface area (Å²) in [5.41, 5.74) is 6.96. The molecule has 6 heteroatoms. The molecule has 0 bridgehead atoms. The molecule has 1 aromatic heterocycles. The van der Waals surface area contributed by atoms with Crippen molar-refractivity contribution in [2.24, 2.45) is 5.73 Å². The first-order valence-electron chi connectivity index (χ1n) is 6.11. The van der Waals surface area contributed by atoms with Crippen molar-refractivity contribution < 1.29 is 4.92 Å². The molecule has 0 fully saturated rings. The lowest BCUT2D eigenvalue weighted by Gasteiger charge is -2.10. The third-order valence-corrected chi connectivity index (χ3v) is 2.86. The fourth-order valence-electron chi connectivity index (χ4n) is 1.89. The van der Waals surface area contributed by atoms with Crippen molar-refractivity contribution in [2.75, 3.05) is 11.9 Å². The maximum atomic E-state index is 11.0. The quantitative estimate of drug-likeness (QED) is 0.635. The van der Waals surface area contributed by atoms with Gasteiger partial charge >= 0.3 is 0 Å². The van der Waals surface area contributed by atoms with Gasteiger partial charge in [-0.1, -0.05) is 0 Å². The molecule has 0 saturated carbocycles. The molecule has 0 spiro atoms. The van der Waals surface area contributed by atoms with Gasteiger partial charge in [0.2, 0.25) is 0 Å². The summed E-state index contributed by atoms with van der Waals surface area (Å²) in [6.45, 7) is 2.66. The van der Waals surface area contributed by atoms with Crippen molar-refractivity contribution in [1.82, 2.24) is 4.98 Å². The number of anilines is 1. The summed E-state index contributed by atoms with van der Waals surface area (Å²) >= 11 is 0. The van der Waals surface area contributed by atoms with Gasteiger partial charge in [0.15, 0.2) is 0 Å². The van der Waals surface area contributed by atoms with Gasteiger partial charge in [0, 0.05) is 35.9 Å². The van der Waals surface area contributed by atoms with Crippen molar-refractivity contribution in [3.05, 3.63) is 40.6 Å². The maximum absolute atomic E-state index is 11.0. The van der Waals surface area contributed by atoms with E-state index >= 15 is 0 Å². The van der Waals surface area contributed by atoms with Gasteiger partial charge in [0.25, 0.3) is 5.69 Å². The average molecular weight is 260 g/mol. The molecule has 2 rings (SSSR count). The van der Waals surface area contributed by atoms with Crippen LogP contribution in [0.15, 0.2) is 30.5 Å². The zero-order valence-electron chi connectivity index (χ0n) is 10.7. The van der Waals surface area contributed by atoms with E-state index in [1.807, 2.05) is 13.0 Å². The lowest BCUT2D eigenvalue weighted by Crippen LogP contribution is -2.19. The second-order valence-corrected chi connectivity index (χ2v) is 4.48. The van der Waals surface area contributed by atoms with Crippen LogP contribution >= 0.6 is 0 Å². The summed E-state index contributed by atoms with van der Waals surface area (Å²) in [4.78, 5) is 14.6. The molecule has 0 aliphatic rings. The molecule has 19 heavy (non-hydrogen) atoms. The van der Waals surface area contributed by atoms with E-state index in [1.54, 1.807) is 18.3 Å². The van der Waals surface area contributed by atoms with Crippen LogP contribution in [0.2, 0.25) is 0 Å². The number of hydrogen-bond donors (Lipinski definition) is 2. The number of nitrogens with two attached hydrogens (primary N) is 1. The number of nitrogens with zero attached hydrogens (tertiary/aromatic N) is 2.